The van der Waals surface area contributed by atoms with E-state index in [1.165, 1.54) is 27.8 Å². The molecule has 0 bridgehead atoms. The number of hydrogen-bond donors (Lipinski definition) is 1. The summed E-state index contributed by atoms with van der Waals surface area (Å²) < 4.78 is 0. The van der Waals surface area contributed by atoms with Crippen molar-refractivity contribution in [3.63, 3.8) is 0 Å². The van der Waals surface area contributed by atoms with Crippen molar-refractivity contribution < 1.29 is 5.11 Å². The highest BCUT2D eigenvalue weighted by Gasteiger charge is 2.31. The molecule has 0 aliphatic rings. The maximum atomic E-state index is 9.64. The van der Waals surface area contributed by atoms with Crippen LogP contribution in [0.1, 0.15) is 48.6 Å². The van der Waals surface area contributed by atoms with Crippen molar-refractivity contribution in [3.05, 3.63) is 137 Å². The van der Waals surface area contributed by atoms with Crippen LogP contribution in [0.5, 0.6) is 5.75 Å². The first kappa shape index (κ1) is 20.0. The average Bonchev–Trinajstić information content (AvgIpc) is 2.80. The molecule has 1 heteroatoms. The van der Waals surface area contributed by atoms with Crippen LogP contribution < -0.4 is 0 Å². The topological polar surface area (TPSA) is 20.2 Å². The molecule has 0 radical (unpaired) electrons. The molecule has 4 aromatic carbocycles. The molecule has 0 amide bonds. The molecule has 4 rings (SSSR count). The van der Waals surface area contributed by atoms with Gasteiger partial charge in [0.05, 0.1) is 0 Å². The fraction of sp³-hybridized carbons (Fsp3) is 0.172. The van der Waals surface area contributed by atoms with Crippen LogP contribution in [0.25, 0.3) is 0 Å². The van der Waals surface area contributed by atoms with Crippen molar-refractivity contribution in [1.29, 1.82) is 0 Å². The van der Waals surface area contributed by atoms with Gasteiger partial charge in [0.25, 0.3) is 0 Å². The standard InChI is InChI=1S/C29H28O/c1-28(2,23-18-20-27(30)21-19-23)22-14-16-26(17-15-22)29(3,24-10-6-4-7-11-24)25-12-8-5-9-13-25/h4-21,30H,1-3H3. The predicted molar refractivity (Wildman–Crippen MR) is 125 cm³/mol. The largest absolute Gasteiger partial charge is 0.508 e. The Kier molecular flexibility index (Phi) is 5.22. The normalized spacial score (nSPS) is 12.0. The van der Waals surface area contributed by atoms with E-state index in [2.05, 4.69) is 106 Å². The maximum Gasteiger partial charge on any atom is 0.115 e. The summed E-state index contributed by atoms with van der Waals surface area (Å²) in [6.45, 7) is 6.75. The molecule has 0 spiro atoms. The first-order valence-electron chi connectivity index (χ1n) is 10.4. The summed E-state index contributed by atoms with van der Waals surface area (Å²) in [7, 11) is 0. The van der Waals surface area contributed by atoms with Gasteiger partial charge in [0.1, 0.15) is 5.75 Å². The van der Waals surface area contributed by atoms with Crippen molar-refractivity contribution in [2.24, 2.45) is 0 Å². The fourth-order valence-electron chi connectivity index (χ4n) is 4.31. The molecule has 4 aromatic rings. The minimum absolute atomic E-state index is 0.151. The molecule has 0 aromatic heterocycles. The van der Waals surface area contributed by atoms with E-state index < -0.39 is 0 Å². The van der Waals surface area contributed by atoms with Gasteiger partial charge in [0.15, 0.2) is 0 Å². The molecule has 0 fully saturated rings. The summed E-state index contributed by atoms with van der Waals surface area (Å²) in [5.41, 5.74) is 5.88. The molecule has 0 saturated heterocycles. The summed E-state index contributed by atoms with van der Waals surface area (Å²) in [6, 6.07) is 37.9. The monoisotopic (exact) mass is 392 g/mol. The second kappa shape index (κ2) is 7.84. The van der Waals surface area contributed by atoms with Gasteiger partial charge in [-0.3, -0.25) is 0 Å². The maximum absolute atomic E-state index is 9.64. The molecule has 30 heavy (non-hydrogen) atoms. The van der Waals surface area contributed by atoms with Gasteiger partial charge in [-0.25, -0.2) is 0 Å². The van der Waals surface area contributed by atoms with E-state index in [1.54, 1.807) is 12.1 Å². The number of benzene rings is 4. The van der Waals surface area contributed by atoms with E-state index in [1.807, 2.05) is 12.1 Å². The third kappa shape index (κ3) is 3.52. The van der Waals surface area contributed by atoms with Gasteiger partial charge in [-0.05, 0) is 46.9 Å². The summed E-state index contributed by atoms with van der Waals surface area (Å²) >= 11 is 0. The van der Waals surface area contributed by atoms with Crippen LogP contribution in [0.2, 0.25) is 0 Å². The number of rotatable bonds is 5. The van der Waals surface area contributed by atoms with Gasteiger partial charge in [-0.1, -0.05) is 111 Å². The van der Waals surface area contributed by atoms with Crippen molar-refractivity contribution >= 4 is 0 Å². The molecule has 0 aliphatic heterocycles. The smallest absolute Gasteiger partial charge is 0.115 e. The molecule has 0 unspecified atom stereocenters. The van der Waals surface area contributed by atoms with Crippen LogP contribution >= 0.6 is 0 Å². The van der Waals surface area contributed by atoms with Crippen LogP contribution in [0, 0.1) is 0 Å². The Hall–Kier alpha value is -3.32. The molecular formula is C29H28O. The number of aromatic hydroxyl groups is 1. The van der Waals surface area contributed by atoms with Crippen molar-refractivity contribution in [3.8, 4) is 5.75 Å². The van der Waals surface area contributed by atoms with Gasteiger partial charge >= 0.3 is 0 Å². The third-order valence-electron chi connectivity index (χ3n) is 6.48. The molecule has 0 aliphatic carbocycles. The zero-order chi connectivity index (χ0) is 21.2. The van der Waals surface area contributed by atoms with Crippen LogP contribution in [0.15, 0.2) is 109 Å². The Morgan fingerprint density at radius 1 is 0.433 bits per heavy atom. The second-order valence-corrected chi connectivity index (χ2v) is 8.61. The summed E-state index contributed by atoms with van der Waals surface area (Å²) in [5, 5.41) is 9.64. The SMILES string of the molecule is CC(C)(c1ccc(O)cc1)c1ccc(C(C)(c2ccccc2)c2ccccc2)cc1. The third-order valence-corrected chi connectivity index (χ3v) is 6.48. The first-order valence-corrected chi connectivity index (χ1v) is 10.4. The average molecular weight is 393 g/mol. The number of phenolic OH excluding ortho intramolecular Hbond substituents is 1. The highest BCUT2D eigenvalue weighted by atomic mass is 16.3. The van der Waals surface area contributed by atoms with Gasteiger partial charge in [0, 0.05) is 10.8 Å². The lowest BCUT2D eigenvalue weighted by atomic mass is 9.70. The zero-order valence-electron chi connectivity index (χ0n) is 17.8. The molecule has 1 nitrogen and oxygen atoms in total. The Morgan fingerprint density at radius 3 is 1.20 bits per heavy atom. The van der Waals surface area contributed by atoms with Gasteiger partial charge in [-0.2, -0.15) is 0 Å². The molecule has 0 heterocycles. The summed E-state index contributed by atoms with van der Waals surface area (Å²) in [4.78, 5) is 0. The fourth-order valence-corrected chi connectivity index (χ4v) is 4.31. The minimum Gasteiger partial charge on any atom is -0.508 e. The number of hydrogen-bond acceptors (Lipinski definition) is 1. The minimum atomic E-state index is -0.232. The molecule has 0 atom stereocenters. The van der Waals surface area contributed by atoms with E-state index in [4.69, 9.17) is 0 Å². The van der Waals surface area contributed by atoms with Crippen LogP contribution in [0.3, 0.4) is 0 Å². The lowest BCUT2D eigenvalue weighted by molar-refractivity contribution is 0.474. The Morgan fingerprint density at radius 2 is 0.767 bits per heavy atom. The molecular weight excluding hydrogens is 364 g/mol. The molecule has 0 saturated carbocycles. The van der Waals surface area contributed by atoms with E-state index in [0.717, 1.165) is 0 Å². The van der Waals surface area contributed by atoms with E-state index in [0.29, 0.717) is 5.75 Å². The lowest BCUT2D eigenvalue weighted by Gasteiger charge is -2.33. The van der Waals surface area contributed by atoms with E-state index in [9.17, 15) is 5.11 Å². The predicted octanol–water partition coefficient (Wildman–Crippen LogP) is 7.07. The second-order valence-electron chi connectivity index (χ2n) is 8.61. The molecule has 150 valence electrons. The van der Waals surface area contributed by atoms with Gasteiger partial charge < -0.3 is 5.11 Å². The van der Waals surface area contributed by atoms with E-state index >= 15 is 0 Å². The summed E-state index contributed by atoms with van der Waals surface area (Å²) in [5.74, 6) is 0.298. The Balaban J connectivity index is 1.78. The Labute approximate surface area is 179 Å². The quantitative estimate of drug-likeness (QED) is 0.360. The lowest BCUT2D eigenvalue weighted by Crippen LogP contribution is -2.26. The van der Waals surface area contributed by atoms with Gasteiger partial charge in [-0.15, -0.1) is 0 Å². The van der Waals surface area contributed by atoms with Crippen molar-refractivity contribution in [2.45, 2.75) is 31.6 Å². The number of phenols is 1. The highest BCUT2D eigenvalue weighted by Crippen LogP contribution is 2.40. The highest BCUT2D eigenvalue weighted by molar-refractivity contribution is 5.51. The Bertz CT molecular complexity index is 1050. The zero-order valence-corrected chi connectivity index (χ0v) is 17.8. The molecule has 1 N–H and O–H groups in total. The van der Waals surface area contributed by atoms with E-state index in [-0.39, 0.29) is 10.8 Å². The van der Waals surface area contributed by atoms with Crippen LogP contribution in [-0.2, 0) is 10.8 Å². The summed E-state index contributed by atoms with van der Waals surface area (Å²) in [6.07, 6.45) is 0. The van der Waals surface area contributed by atoms with Gasteiger partial charge in [0.2, 0.25) is 0 Å². The van der Waals surface area contributed by atoms with Crippen molar-refractivity contribution in [1.82, 2.24) is 0 Å². The van der Waals surface area contributed by atoms with Crippen LogP contribution in [0.4, 0.5) is 0 Å². The van der Waals surface area contributed by atoms with Crippen LogP contribution in [-0.4, -0.2) is 5.11 Å². The first-order chi connectivity index (χ1) is 14.4. The van der Waals surface area contributed by atoms with Crippen molar-refractivity contribution in [2.75, 3.05) is 0 Å².